The molecule has 0 spiro atoms. The zero-order valence-corrected chi connectivity index (χ0v) is 18.3. The van der Waals surface area contributed by atoms with Crippen LogP contribution in [0, 0.1) is 5.82 Å². The molecule has 5 heteroatoms. The van der Waals surface area contributed by atoms with Crippen molar-refractivity contribution in [1.82, 2.24) is 4.90 Å². The van der Waals surface area contributed by atoms with Gasteiger partial charge in [0.15, 0.2) is 0 Å². The highest BCUT2D eigenvalue weighted by molar-refractivity contribution is 6.30. The van der Waals surface area contributed by atoms with Gasteiger partial charge in [-0.2, -0.15) is 0 Å². The second-order valence-corrected chi connectivity index (χ2v) is 8.29. The quantitative estimate of drug-likeness (QED) is 0.575. The molecule has 3 rings (SSSR count). The lowest BCUT2D eigenvalue weighted by molar-refractivity contribution is 0.0980. The number of carbonyl (C=O) groups is 1. The average Bonchev–Trinajstić information content (AvgIpc) is 3.00. The Morgan fingerprint density at radius 1 is 1.31 bits per heavy atom. The number of nitrogens with zero attached hydrogens (tertiary/aromatic N) is 2. The molecule has 0 radical (unpaired) electrons. The molecule has 1 aliphatic rings. The predicted octanol–water partition coefficient (Wildman–Crippen LogP) is 6.03. The number of rotatable bonds is 6. The lowest BCUT2D eigenvalue weighted by Gasteiger charge is -2.31. The Balaban J connectivity index is 1.94. The van der Waals surface area contributed by atoms with Crippen molar-refractivity contribution in [3.63, 3.8) is 0 Å². The standard InChI is InChI=1S/C24H28ClFN2O/c1-5-17(3)27(6-2)14-13-24(4)16-28(22-12-11-18(25)15-20(22)24)23(29)19-9-7-8-10-21(19)26/h5,7-12,15H,6,13-14,16H2,1-4H3/b17-5+. The van der Waals surface area contributed by atoms with E-state index in [1.807, 2.05) is 19.1 Å². The highest BCUT2D eigenvalue weighted by Gasteiger charge is 2.42. The first-order chi connectivity index (χ1) is 13.8. The third kappa shape index (κ3) is 4.18. The SMILES string of the molecule is C/C=C(\C)N(CC)CCC1(C)CN(C(=O)c2ccccc2F)c2ccc(Cl)cc21. The van der Waals surface area contributed by atoms with E-state index in [-0.39, 0.29) is 16.9 Å². The maximum absolute atomic E-state index is 14.3. The monoisotopic (exact) mass is 414 g/mol. The zero-order valence-electron chi connectivity index (χ0n) is 17.5. The summed E-state index contributed by atoms with van der Waals surface area (Å²) in [6, 6.07) is 11.8. The molecule has 1 aliphatic heterocycles. The van der Waals surface area contributed by atoms with Gasteiger partial charge in [0.1, 0.15) is 5.82 Å². The van der Waals surface area contributed by atoms with Crippen molar-refractivity contribution in [3.8, 4) is 0 Å². The van der Waals surface area contributed by atoms with Crippen LogP contribution in [0.15, 0.2) is 54.2 Å². The van der Waals surface area contributed by atoms with Crippen LogP contribution in [0.3, 0.4) is 0 Å². The smallest absolute Gasteiger partial charge is 0.261 e. The number of benzene rings is 2. The average molecular weight is 415 g/mol. The summed E-state index contributed by atoms with van der Waals surface area (Å²) in [7, 11) is 0. The normalized spacial score (nSPS) is 18.7. The number of fused-ring (bicyclic) bond motifs is 1. The summed E-state index contributed by atoms with van der Waals surface area (Å²) in [6.45, 7) is 10.8. The number of amides is 1. The van der Waals surface area contributed by atoms with Gasteiger partial charge in [0.2, 0.25) is 0 Å². The summed E-state index contributed by atoms with van der Waals surface area (Å²) in [6.07, 6.45) is 2.97. The molecule has 1 amide bonds. The van der Waals surface area contributed by atoms with Crippen LogP contribution in [0.5, 0.6) is 0 Å². The number of anilines is 1. The molecule has 0 bridgehead atoms. The molecule has 1 unspecified atom stereocenters. The van der Waals surface area contributed by atoms with Crippen LogP contribution in [-0.4, -0.2) is 30.4 Å². The highest BCUT2D eigenvalue weighted by atomic mass is 35.5. The van der Waals surface area contributed by atoms with Crippen molar-refractivity contribution in [2.45, 2.75) is 39.5 Å². The Kier molecular flexibility index (Phi) is 6.33. The fraction of sp³-hybridized carbons (Fsp3) is 0.375. The molecule has 2 aromatic carbocycles. The first-order valence-corrected chi connectivity index (χ1v) is 10.4. The van der Waals surface area contributed by atoms with Gasteiger partial charge < -0.3 is 9.80 Å². The maximum Gasteiger partial charge on any atom is 0.261 e. The van der Waals surface area contributed by atoms with E-state index < -0.39 is 5.82 Å². The molecule has 1 atom stereocenters. The van der Waals surface area contributed by atoms with Crippen LogP contribution in [-0.2, 0) is 5.41 Å². The molecule has 0 saturated carbocycles. The molecule has 3 nitrogen and oxygen atoms in total. The molecule has 0 aromatic heterocycles. The van der Waals surface area contributed by atoms with Crippen LogP contribution >= 0.6 is 11.6 Å². The van der Waals surface area contributed by atoms with Gasteiger partial charge >= 0.3 is 0 Å². The summed E-state index contributed by atoms with van der Waals surface area (Å²) < 4.78 is 14.3. The van der Waals surface area contributed by atoms with E-state index in [4.69, 9.17) is 11.6 Å². The van der Waals surface area contributed by atoms with Gasteiger partial charge in [0, 0.05) is 41.5 Å². The summed E-state index contributed by atoms with van der Waals surface area (Å²) in [5.41, 5.74) is 2.93. The predicted molar refractivity (Wildman–Crippen MR) is 118 cm³/mol. The maximum atomic E-state index is 14.3. The molecule has 0 N–H and O–H groups in total. The Bertz CT molecular complexity index is 942. The molecule has 0 saturated heterocycles. The van der Waals surface area contributed by atoms with Crippen molar-refractivity contribution < 1.29 is 9.18 Å². The number of halogens is 2. The molecular weight excluding hydrogens is 387 g/mol. The molecule has 154 valence electrons. The van der Waals surface area contributed by atoms with E-state index in [0.717, 1.165) is 30.8 Å². The van der Waals surface area contributed by atoms with Gasteiger partial charge in [0.25, 0.3) is 5.91 Å². The lowest BCUT2D eigenvalue weighted by Crippen LogP contribution is -2.38. The van der Waals surface area contributed by atoms with Gasteiger partial charge in [-0.3, -0.25) is 4.79 Å². The minimum absolute atomic E-state index is 0.0950. The topological polar surface area (TPSA) is 23.6 Å². The number of hydrogen-bond acceptors (Lipinski definition) is 2. The third-order valence-electron chi connectivity index (χ3n) is 5.99. The van der Waals surface area contributed by atoms with Gasteiger partial charge in [-0.1, -0.05) is 36.7 Å². The Hall–Kier alpha value is -2.33. The van der Waals surface area contributed by atoms with E-state index in [1.165, 1.54) is 17.8 Å². The molecule has 2 aromatic rings. The van der Waals surface area contributed by atoms with Crippen LogP contribution in [0.4, 0.5) is 10.1 Å². The molecule has 1 heterocycles. The number of carbonyl (C=O) groups excluding carboxylic acids is 1. The minimum atomic E-state index is -0.498. The van der Waals surface area contributed by atoms with E-state index in [2.05, 4.69) is 31.7 Å². The van der Waals surface area contributed by atoms with Crippen molar-refractivity contribution in [2.75, 3.05) is 24.5 Å². The first kappa shape index (κ1) is 21.4. The van der Waals surface area contributed by atoms with E-state index in [9.17, 15) is 9.18 Å². The number of allylic oxidation sites excluding steroid dienone is 2. The fourth-order valence-corrected chi connectivity index (χ4v) is 4.24. The summed E-state index contributed by atoms with van der Waals surface area (Å²) >= 11 is 6.30. The molecule has 29 heavy (non-hydrogen) atoms. The Morgan fingerprint density at radius 2 is 2.03 bits per heavy atom. The summed E-state index contributed by atoms with van der Waals surface area (Å²) in [4.78, 5) is 17.2. The van der Waals surface area contributed by atoms with Crippen molar-refractivity contribution in [2.24, 2.45) is 0 Å². The molecule has 0 fully saturated rings. The van der Waals surface area contributed by atoms with E-state index in [0.29, 0.717) is 11.6 Å². The van der Waals surface area contributed by atoms with Crippen LogP contribution in [0.2, 0.25) is 5.02 Å². The largest absolute Gasteiger partial charge is 0.376 e. The van der Waals surface area contributed by atoms with E-state index in [1.54, 1.807) is 23.1 Å². The van der Waals surface area contributed by atoms with Crippen molar-refractivity contribution >= 4 is 23.2 Å². The molecular formula is C24H28ClFN2O. The second-order valence-electron chi connectivity index (χ2n) is 7.85. The number of hydrogen-bond donors (Lipinski definition) is 0. The summed E-state index contributed by atoms with van der Waals surface area (Å²) in [5, 5.41) is 0.646. The van der Waals surface area contributed by atoms with Crippen LogP contribution in [0.25, 0.3) is 0 Å². The minimum Gasteiger partial charge on any atom is -0.376 e. The highest BCUT2D eigenvalue weighted by Crippen LogP contribution is 2.44. The Morgan fingerprint density at radius 3 is 2.69 bits per heavy atom. The van der Waals surface area contributed by atoms with Gasteiger partial charge in [0.05, 0.1) is 5.56 Å². The Labute approximate surface area is 177 Å². The van der Waals surface area contributed by atoms with Crippen LogP contribution in [0.1, 0.15) is 50.0 Å². The van der Waals surface area contributed by atoms with Crippen molar-refractivity contribution in [3.05, 3.63) is 76.2 Å². The summed E-state index contributed by atoms with van der Waals surface area (Å²) in [5.74, 6) is -0.810. The lowest BCUT2D eigenvalue weighted by atomic mass is 9.81. The van der Waals surface area contributed by atoms with E-state index >= 15 is 0 Å². The second kappa shape index (κ2) is 8.58. The van der Waals surface area contributed by atoms with Crippen molar-refractivity contribution in [1.29, 1.82) is 0 Å². The third-order valence-corrected chi connectivity index (χ3v) is 6.22. The molecule has 0 aliphatic carbocycles. The van der Waals surface area contributed by atoms with Gasteiger partial charge in [-0.15, -0.1) is 0 Å². The van der Waals surface area contributed by atoms with Crippen LogP contribution < -0.4 is 4.90 Å². The first-order valence-electron chi connectivity index (χ1n) is 10.0. The fourth-order valence-electron chi connectivity index (χ4n) is 4.07. The zero-order chi connectivity index (χ0) is 21.2. The van der Waals surface area contributed by atoms with Gasteiger partial charge in [-0.25, -0.2) is 4.39 Å². The van der Waals surface area contributed by atoms with Gasteiger partial charge in [-0.05, 0) is 63.1 Å².